The second-order valence-electron chi connectivity index (χ2n) is 3.36. The van der Waals surface area contributed by atoms with Crippen LogP contribution >= 0.6 is 11.6 Å². The van der Waals surface area contributed by atoms with Crippen LogP contribution in [0.15, 0.2) is 12.3 Å². The Morgan fingerprint density at radius 1 is 1.67 bits per heavy atom. The monoisotopic (exact) mass is 229 g/mol. The molecule has 15 heavy (non-hydrogen) atoms. The summed E-state index contributed by atoms with van der Waals surface area (Å²) in [6.07, 6.45) is 3.14. The van der Waals surface area contributed by atoms with Crippen LogP contribution in [0.2, 0.25) is 5.02 Å². The van der Waals surface area contributed by atoms with E-state index < -0.39 is 0 Å². The van der Waals surface area contributed by atoms with Gasteiger partial charge in [0.15, 0.2) is 0 Å². The van der Waals surface area contributed by atoms with Crippen molar-refractivity contribution in [3.8, 4) is 0 Å². The number of halogens is 1. The van der Waals surface area contributed by atoms with Crippen molar-refractivity contribution < 1.29 is 5.11 Å². The molecule has 0 aliphatic rings. The number of aliphatic hydroxyl groups is 1. The maximum absolute atomic E-state index is 8.85. The molecule has 0 spiro atoms. The lowest BCUT2D eigenvalue weighted by atomic mass is 10.1. The summed E-state index contributed by atoms with van der Waals surface area (Å²) >= 11 is 5.96. The number of rotatable bonds is 5. The Morgan fingerprint density at radius 3 is 2.93 bits per heavy atom. The number of aromatic nitrogens is 1. The largest absolute Gasteiger partial charge is 0.397 e. The topological polar surface area (TPSA) is 71.2 Å². The molecule has 0 saturated heterocycles. The van der Waals surface area contributed by atoms with E-state index in [2.05, 4.69) is 10.3 Å². The quantitative estimate of drug-likeness (QED) is 0.721. The highest BCUT2D eigenvalue weighted by Gasteiger charge is 2.08. The number of nitrogens with two attached hydrogens (primary N) is 1. The summed E-state index contributed by atoms with van der Waals surface area (Å²) in [5.41, 5.74) is 6.08. The average Bonchev–Trinajstić information content (AvgIpc) is 2.21. The lowest BCUT2D eigenvalue weighted by molar-refractivity contribution is 0.278. The Bertz CT molecular complexity index is 320. The summed E-state index contributed by atoms with van der Waals surface area (Å²) in [5, 5.41) is 12.5. The van der Waals surface area contributed by atoms with Crippen LogP contribution in [0.3, 0.4) is 0 Å². The molecule has 4 nitrogen and oxygen atoms in total. The van der Waals surface area contributed by atoms with Crippen molar-refractivity contribution in [3.05, 3.63) is 17.3 Å². The SMILES string of the molecule is CCC(CCO)Nc1ncc(N)cc1Cl. The fraction of sp³-hybridized carbons (Fsp3) is 0.500. The fourth-order valence-electron chi connectivity index (χ4n) is 1.29. The molecule has 0 bridgehead atoms. The predicted octanol–water partition coefficient (Wildman–Crippen LogP) is 1.89. The van der Waals surface area contributed by atoms with Crippen molar-refractivity contribution in [1.82, 2.24) is 4.98 Å². The van der Waals surface area contributed by atoms with Gasteiger partial charge in [-0.3, -0.25) is 0 Å². The summed E-state index contributed by atoms with van der Waals surface area (Å²) < 4.78 is 0. The van der Waals surface area contributed by atoms with Crippen molar-refractivity contribution in [3.63, 3.8) is 0 Å². The van der Waals surface area contributed by atoms with E-state index in [0.29, 0.717) is 22.9 Å². The van der Waals surface area contributed by atoms with Crippen LogP contribution in [0.25, 0.3) is 0 Å². The van der Waals surface area contributed by atoms with E-state index in [1.807, 2.05) is 6.92 Å². The molecule has 1 atom stereocenters. The van der Waals surface area contributed by atoms with Gasteiger partial charge in [-0.25, -0.2) is 4.98 Å². The minimum Gasteiger partial charge on any atom is -0.397 e. The van der Waals surface area contributed by atoms with E-state index in [1.54, 1.807) is 12.3 Å². The molecule has 4 N–H and O–H groups in total. The second-order valence-corrected chi connectivity index (χ2v) is 3.77. The zero-order chi connectivity index (χ0) is 11.3. The third-order valence-electron chi connectivity index (χ3n) is 2.17. The first-order valence-corrected chi connectivity index (χ1v) is 5.33. The van der Waals surface area contributed by atoms with Gasteiger partial charge in [0, 0.05) is 12.6 Å². The second kappa shape index (κ2) is 5.78. The number of hydrogen-bond donors (Lipinski definition) is 3. The molecule has 0 radical (unpaired) electrons. The Hall–Kier alpha value is -1.00. The normalized spacial score (nSPS) is 12.5. The molecule has 1 unspecified atom stereocenters. The van der Waals surface area contributed by atoms with Crippen LogP contribution in [-0.4, -0.2) is 22.7 Å². The molecule has 1 rings (SSSR count). The summed E-state index contributed by atoms with van der Waals surface area (Å²) in [4.78, 5) is 4.10. The molecule has 0 aliphatic heterocycles. The van der Waals surface area contributed by atoms with Crippen molar-refractivity contribution >= 4 is 23.1 Å². The minimum atomic E-state index is 0.151. The van der Waals surface area contributed by atoms with Crippen LogP contribution in [0, 0.1) is 0 Å². The third kappa shape index (κ3) is 3.57. The fourth-order valence-corrected chi connectivity index (χ4v) is 1.52. The van der Waals surface area contributed by atoms with E-state index in [0.717, 1.165) is 6.42 Å². The van der Waals surface area contributed by atoms with Gasteiger partial charge in [0.2, 0.25) is 0 Å². The van der Waals surface area contributed by atoms with Crippen LogP contribution in [0.5, 0.6) is 0 Å². The highest BCUT2D eigenvalue weighted by atomic mass is 35.5. The number of pyridine rings is 1. The Labute approximate surface area is 94.5 Å². The van der Waals surface area contributed by atoms with E-state index in [9.17, 15) is 0 Å². The Morgan fingerprint density at radius 2 is 2.40 bits per heavy atom. The van der Waals surface area contributed by atoms with E-state index in [1.165, 1.54) is 0 Å². The van der Waals surface area contributed by atoms with Gasteiger partial charge in [0.1, 0.15) is 5.82 Å². The first kappa shape index (κ1) is 12.1. The van der Waals surface area contributed by atoms with Gasteiger partial charge in [-0.1, -0.05) is 18.5 Å². The van der Waals surface area contributed by atoms with Gasteiger partial charge in [0.25, 0.3) is 0 Å². The molecular weight excluding hydrogens is 214 g/mol. The number of nitrogen functional groups attached to an aromatic ring is 1. The molecule has 0 fully saturated rings. The van der Waals surface area contributed by atoms with Crippen LogP contribution in [0.4, 0.5) is 11.5 Å². The molecule has 5 heteroatoms. The number of anilines is 2. The maximum atomic E-state index is 8.85. The highest BCUT2D eigenvalue weighted by Crippen LogP contribution is 2.22. The highest BCUT2D eigenvalue weighted by molar-refractivity contribution is 6.33. The first-order chi connectivity index (χ1) is 7.17. The van der Waals surface area contributed by atoms with E-state index in [4.69, 9.17) is 22.4 Å². The van der Waals surface area contributed by atoms with Gasteiger partial charge >= 0.3 is 0 Å². The summed E-state index contributed by atoms with van der Waals surface area (Å²) in [6, 6.07) is 1.84. The van der Waals surface area contributed by atoms with Crippen molar-refractivity contribution in [2.24, 2.45) is 0 Å². The third-order valence-corrected chi connectivity index (χ3v) is 2.46. The van der Waals surface area contributed by atoms with Crippen molar-refractivity contribution in [2.45, 2.75) is 25.8 Å². The van der Waals surface area contributed by atoms with Crippen LogP contribution in [-0.2, 0) is 0 Å². The van der Waals surface area contributed by atoms with Gasteiger partial charge in [0.05, 0.1) is 16.9 Å². The number of nitrogens with one attached hydrogen (secondary N) is 1. The summed E-state index contributed by atoms with van der Waals surface area (Å²) in [7, 11) is 0. The lowest BCUT2D eigenvalue weighted by Crippen LogP contribution is -2.20. The summed E-state index contributed by atoms with van der Waals surface area (Å²) in [5.74, 6) is 0.617. The Kier molecular flexibility index (Phi) is 4.65. The van der Waals surface area contributed by atoms with Gasteiger partial charge < -0.3 is 16.2 Å². The zero-order valence-corrected chi connectivity index (χ0v) is 9.46. The first-order valence-electron chi connectivity index (χ1n) is 4.95. The van der Waals surface area contributed by atoms with Gasteiger partial charge in [-0.15, -0.1) is 0 Å². The average molecular weight is 230 g/mol. The minimum absolute atomic E-state index is 0.151. The lowest BCUT2D eigenvalue weighted by Gasteiger charge is -2.17. The molecule has 0 saturated carbocycles. The molecule has 1 aromatic rings. The number of hydrogen-bond acceptors (Lipinski definition) is 4. The van der Waals surface area contributed by atoms with Crippen LogP contribution < -0.4 is 11.1 Å². The van der Waals surface area contributed by atoms with Crippen LogP contribution in [0.1, 0.15) is 19.8 Å². The van der Waals surface area contributed by atoms with E-state index >= 15 is 0 Å². The molecule has 0 amide bonds. The number of nitrogens with zero attached hydrogens (tertiary/aromatic N) is 1. The molecule has 1 heterocycles. The van der Waals surface area contributed by atoms with Gasteiger partial charge in [-0.2, -0.15) is 0 Å². The zero-order valence-electron chi connectivity index (χ0n) is 8.70. The molecule has 1 aromatic heterocycles. The molecule has 0 aromatic carbocycles. The molecular formula is C10H16ClN3O. The van der Waals surface area contributed by atoms with Gasteiger partial charge in [-0.05, 0) is 18.9 Å². The number of aliphatic hydroxyl groups excluding tert-OH is 1. The van der Waals surface area contributed by atoms with E-state index in [-0.39, 0.29) is 12.6 Å². The predicted molar refractivity (Wildman–Crippen MR) is 63.1 cm³/mol. The maximum Gasteiger partial charge on any atom is 0.145 e. The van der Waals surface area contributed by atoms with Crippen molar-refractivity contribution in [1.29, 1.82) is 0 Å². The standard InChI is InChI=1S/C10H16ClN3O/c1-2-8(3-4-15)14-10-9(11)5-7(12)6-13-10/h5-6,8,15H,2-4,12H2,1H3,(H,13,14). The smallest absolute Gasteiger partial charge is 0.145 e. The Balaban J connectivity index is 2.70. The molecule has 0 aliphatic carbocycles. The molecule has 84 valence electrons. The van der Waals surface area contributed by atoms with Crippen molar-refractivity contribution in [2.75, 3.05) is 17.7 Å². The summed E-state index contributed by atoms with van der Waals surface area (Å²) in [6.45, 7) is 2.19.